The Hall–Kier alpha value is -3.61. The average Bonchev–Trinajstić information content (AvgIpc) is 3.31. The number of rotatable bonds is 6. The lowest BCUT2D eigenvalue weighted by atomic mass is 10.0. The predicted molar refractivity (Wildman–Crippen MR) is 134 cm³/mol. The monoisotopic (exact) mass is 530 g/mol. The van der Waals surface area contributed by atoms with E-state index in [-0.39, 0.29) is 48.0 Å². The van der Waals surface area contributed by atoms with Crippen LogP contribution in [0.3, 0.4) is 0 Å². The van der Waals surface area contributed by atoms with Gasteiger partial charge in [0.05, 0.1) is 52.4 Å². The van der Waals surface area contributed by atoms with Gasteiger partial charge in [-0.15, -0.1) is 0 Å². The first-order valence-corrected chi connectivity index (χ1v) is 12.9. The van der Waals surface area contributed by atoms with Gasteiger partial charge in [-0.25, -0.2) is 17.6 Å². The smallest absolute Gasteiger partial charge is 0.337 e. The summed E-state index contributed by atoms with van der Waals surface area (Å²) in [5.74, 6) is -2.48. The molecule has 10 nitrogen and oxygen atoms in total. The van der Waals surface area contributed by atoms with Crippen LogP contribution in [0.4, 0.5) is 10.1 Å². The maximum atomic E-state index is 13.6. The molecule has 0 unspecified atom stereocenters. The molecule has 0 aliphatic carbocycles. The highest BCUT2D eigenvalue weighted by molar-refractivity contribution is 7.89. The van der Waals surface area contributed by atoms with Crippen LogP contribution in [0.25, 0.3) is 11.3 Å². The van der Waals surface area contributed by atoms with Crippen LogP contribution in [0.2, 0.25) is 0 Å². The Bertz CT molecular complexity index is 1440. The van der Waals surface area contributed by atoms with Gasteiger partial charge in [0.2, 0.25) is 10.0 Å². The first-order chi connectivity index (χ1) is 17.4. The van der Waals surface area contributed by atoms with E-state index in [1.54, 1.807) is 4.68 Å². The molecule has 1 aromatic heterocycles. The summed E-state index contributed by atoms with van der Waals surface area (Å²) in [6, 6.07) is 9.04. The first-order valence-electron chi connectivity index (χ1n) is 11.5. The SMILES string of the molecule is CC(C)(C)n1ncc(C(=O)Nc2cc(S(=O)(=O)N3CCOCC3)ccc2C(=O)O)c1-c1ccc(F)cc1. The van der Waals surface area contributed by atoms with Crippen LogP contribution in [0.1, 0.15) is 41.5 Å². The van der Waals surface area contributed by atoms with Crippen LogP contribution in [0, 0.1) is 5.82 Å². The minimum atomic E-state index is -3.94. The summed E-state index contributed by atoms with van der Waals surface area (Å²) in [6.45, 7) is 6.49. The molecular formula is C25H27FN4O6S. The standard InChI is InChI=1S/C25H27FN4O6S/c1-25(2,3)30-22(16-4-6-17(26)7-5-16)20(15-27-30)23(31)28-21-14-18(8-9-19(21)24(32)33)37(34,35)29-10-12-36-13-11-29/h4-9,14-15H,10-13H2,1-3H3,(H,28,31)(H,32,33). The topological polar surface area (TPSA) is 131 Å². The number of morpholine rings is 1. The molecule has 0 bridgehead atoms. The number of nitrogens with zero attached hydrogens (tertiary/aromatic N) is 3. The van der Waals surface area contributed by atoms with Gasteiger partial charge >= 0.3 is 5.97 Å². The van der Waals surface area contributed by atoms with Gasteiger partial charge in [0.1, 0.15) is 5.82 Å². The maximum Gasteiger partial charge on any atom is 0.337 e. The number of carboxylic acids is 1. The average molecular weight is 531 g/mol. The molecule has 0 saturated carbocycles. The Labute approximate surface area is 213 Å². The second kappa shape index (κ2) is 10.0. The van der Waals surface area contributed by atoms with E-state index in [4.69, 9.17) is 4.74 Å². The quantitative estimate of drug-likeness (QED) is 0.499. The minimum Gasteiger partial charge on any atom is -0.478 e. The van der Waals surface area contributed by atoms with E-state index >= 15 is 0 Å². The zero-order valence-corrected chi connectivity index (χ0v) is 21.4. The molecule has 1 saturated heterocycles. The van der Waals surface area contributed by atoms with Gasteiger partial charge in [0.25, 0.3) is 5.91 Å². The van der Waals surface area contributed by atoms with E-state index in [0.29, 0.717) is 11.3 Å². The van der Waals surface area contributed by atoms with Crippen molar-refractivity contribution in [2.24, 2.45) is 0 Å². The zero-order chi connectivity index (χ0) is 27.0. The Morgan fingerprint density at radius 1 is 1.05 bits per heavy atom. The molecule has 1 aliphatic heterocycles. The number of benzene rings is 2. The van der Waals surface area contributed by atoms with E-state index in [2.05, 4.69) is 10.4 Å². The molecule has 0 spiro atoms. The number of nitrogens with one attached hydrogen (secondary N) is 1. The largest absolute Gasteiger partial charge is 0.478 e. The van der Waals surface area contributed by atoms with E-state index in [0.717, 1.165) is 12.1 Å². The molecule has 1 amide bonds. The van der Waals surface area contributed by atoms with Gasteiger partial charge in [0.15, 0.2) is 0 Å². The molecule has 0 atom stereocenters. The number of sulfonamides is 1. The number of carboxylic acid groups (broad SMARTS) is 1. The number of carbonyl (C=O) groups is 2. The van der Waals surface area contributed by atoms with Gasteiger partial charge in [-0.3, -0.25) is 9.48 Å². The fourth-order valence-electron chi connectivity index (χ4n) is 4.01. The Morgan fingerprint density at radius 3 is 2.30 bits per heavy atom. The highest BCUT2D eigenvalue weighted by atomic mass is 32.2. The van der Waals surface area contributed by atoms with Gasteiger partial charge in [-0.1, -0.05) is 0 Å². The second-order valence-electron chi connectivity index (χ2n) is 9.48. The highest BCUT2D eigenvalue weighted by Crippen LogP contribution is 2.31. The molecule has 2 N–H and O–H groups in total. The van der Waals surface area contributed by atoms with Crippen molar-refractivity contribution < 1.29 is 32.2 Å². The number of amides is 1. The van der Waals surface area contributed by atoms with E-state index in [1.165, 1.54) is 40.8 Å². The molecule has 12 heteroatoms. The fourth-order valence-corrected chi connectivity index (χ4v) is 5.44. The number of hydrogen-bond donors (Lipinski definition) is 2. The third kappa shape index (κ3) is 5.41. The molecule has 196 valence electrons. The third-order valence-electron chi connectivity index (χ3n) is 5.84. The van der Waals surface area contributed by atoms with Crippen molar-refractivity contribution in [3.63, 3.8) is 0 Å². The Balaban J connectivity index is 1.76. The third-order valence-corrected chi connectivity index (χ3v) is 7.74. The summed E-state index contributed by atoms with van der Waals surface area (Å²) < 4.78 is 47.9. The van der Waals surface area contributed by atoms with Gasteiger partial charge in [0, 0.05) is 18.7 Å². The molecule has 4 rings (SSSR count). The summed E-state index contributed by atoms with van der Waals surface area (Å²) in [7, 11) is -3.94. The molecule has 1 aliphatic rings. The molecule has 1 fully saturated rings. The summed E-state index contributed by atoms with van der Waals surface area (Å²) in [5.41, 5.74) is 0.0428. The number of aromatic carboxylic acids is 1. The van der Waals surface area contributed by atoms with Crippen LogP contribution in [0.15, 0.2) is 53.6 Å². The number of ether oxygens (including phenoxy) is 1. The van der Waals surface area contributed by atoms with Crippen molar-refractivity contribution >= 4 is 27.6 Å². The van der Waals surface area contributed by atoms with Crippen LogP contribution in [-0.2, 0) is 20.3 Å². The number of anilines is 1. The van der Waals surface area contributed by atoms with Crippen molar-refractivity contribution in [1.29, 1.82) is 0 Å². The van der Waals surface area contributed by atoms with E-state index < -0.39 is 33.3 Å². The second-order valence-corrected chi connectivity index (χ2v) is 11.4. The van der Waals surface area contributed by atoms with Crippen molar-refractivity contribution in [3.05, 3.63) is 65.6 Å². The summed E-state index contributed by atoms with van der Waals surface area (Å²) in [5, 5.41) is 16.6. The fraction of sp³-hybridized carbons (Fsp3) is 0.320. The lowest BCUT2D eigenvalue weighted by molar-refractivity contribution is 0.0698. The minimum absolute atomic E-state index is 0.110. The van der Waals surface area contributed by atoms with Gasteiger partial charge in [-0.05, 0) is 63.2 Å². The van der Waals surface area contributed by atoms with Crippen LogP contribution in [0.5, 0.6) is 0 Å². The van der Waals surface area contributed by atoms with E-state index in [1.807, 2.05) is 20.8 Å². The molecular weight excluding hydrogens is 503 g/mol. The van der Waals surface area contributed by atoms with Crippen LogP contribution in [-0.4, -0.2) is 65.8 Å². The zero-order valence-electron chi connectivity index (χ0n) is 20.6. The normalized spacial score (nSPS) is 14.9. The van der Waals surface area contributed by atoms with Gasteiger partial charge < -0.3 is 15.2 Å². The highest BCUT2D eigenvalue weighted by Gasteiger charge is 2.29. The molecule has 2 aromatic carbocycles. The number of hydrogen-bond acceptors (Lipinski definition) is 6. The summed E-state index contributed by atoms with van der Waals surface area (Å²) >= 11 is 0. The number of aromatic nitrogens is 2. The Kier molecular flexibility index (Phi) is 7.18. The van der Waals surface area contributed by atoms with Crippen molar-refractivity contribution in [3.8, 4) is 11.3 Å². The molecule has 0 radical (unpaired) electrons. The lowest BCUT2D eigenvalue weighted by Gasteiger charge is -2.26. The van der Waals surface area contributed by atoms with E-state index in [9.17, 15) is 27.5 Å². The lowest BCUT2D eigenvalue weighted by Crippen LogP contribution is -2.40. The summed E-state index contributed by atoms with van der Waals surface area (Å²) in [4.78, 5) is 25.2. The Morgan fingerprint density at radius 2 is 1.70 bits per heavy atom. The van der Waals surface area contributed by atoms with Crippen LogP contribution >= 0.6 is 0 Å². The number of halogens is 1. The molecule has 2 heterocycles. The van der Waals surface area contributed by atoms with Gasteiger partial charge in [-0.2, -0.15) is 9.40 Å². The maximum absolute atomic E-state index is 13.6. The first kappa shape index (κ1) is 26.5. The molecule has 3 aromatic rings. The predicted octanol–water partition coefficient (Wildman–Crippen LogP) is 3.42. The van der Waals surface area contributed by atoms with Crippen molar-refractivity contribution in [2.75, 3.05) is 31.6 Å². The summed E-state index contributed by atoms with van der Waals surface area (Å²) in [6.07, 6.45) is 1.34. The van der Waals surface area contributed by atoms with Crippen molar-refractivity contribution in [1.82, 2.24) is 14.1 Å². The number of carbonyl (C=O) groups excluding carboxylic acids is 1. The van der Waals surface area contributed by atoms with Crippen LogP contribution < -0.4 is 5.32 Å². The molecule has 37 heavy (non-hydrogen) atoms. The van der Waals surface area contributed by atoms with Crippen molar-refractivity contribution in [2.45, 2.75) is 31.2 Å².